The van der Waals surface area contributed by atoms with Gasteiger partial charge >= 0.3 is 0 Å². The fourth-order valence-electron chi connectivity index (χ4n) is 2.23. The molecule has 0 radical (unpaired) electrons. The second kappa shape index (κ2) is 5.77. The van der Waals surface area contributed by atoms with Gasteiger partial charge in [0, 0.05) is 12.1 Å². The third kappa shape index (κ3) is 2.74. The van der Waals surface area contributed by atoms with Crippen LogP contribution in [-0.4, -0.2) is 16.5 Å². The van der Waals surface area contributed by atoms with E-state index < -0.39 is 0 Å². The van der Waals surface area contributed by atoms with E-state index in [1.807, 2.05) is 18.4 Å². The number of aryl methyl sites for hydroxylation is 1. The minimum atomic E-state index is -0.238. The summed E-state index contributed by atoms with van der Waals surface area (Å²) in [6.45, 7) is 4.85. The largest absolute Gasteiger partial charge is 0.369 e. The molecule has 2 aromatic heterocycles. The summed E-state index contributed by atoms with van der Waals surface area (Å²) < 4.78 is 13.3. The molecule has 2 heterocycles. The number of benzene rings is 1. The molecule has 0 fully saturated rings. The van der Waals surface area contributed by atoms with Gasteiger partial charge in [0.15, 0.2) is 5.82 Å². The molecule has 0 amide bonds. The summed E-state index contributed by atoms with van der Waals surface area (Å²) in [5, 5.41) is 6.40. The van der Waals surface area contributed by atoms with E-state index in [0.29, 0.717) is 5.82 Å². The van der Waals surface area contributed by atoms with Crippen LogP contribution < -0.4 is 5.32 Å². The number of anilines is 1. The van der Waals surface area contributed by atoms with Gasteiger partial charge in [-0.25, -0.2) is 14.4 Å². The molecule has 3 aromatic rings. The SMILES string of the molecule is CCCNc1nc(-c2ccc(F)cc2C)nc2sccc12. The molecule has 0 bridgehead atoms. The Balaban J connectivity index is 2.13. The average molecular weight is 301 g/mol. The van der Waals surface area contributed by atoms with Crippen LogP contribution in [0.1, 0.15) is 18.9 Å². The fourth-order valence-corrected chi connectivity index (χ4v) is 3.00. The van der Waals surface area contributed by atoms with E-state index in [4.69, 9.17) is 0 Å². The Bertz CT molecular complexity index is 782. The molecule has 1 N–H and O–H groups in total. The molecule has 0 spiro atoms. The van der Waals surface area contributed by atoms with Crippen molar-refractivity contribution in [1.82, 2.24) is 9.97 Å². The smallest absolute Gasteiger partial charge is 0.163 e. The summed E-state index contributed by atoms with van der Waals surface area (Å²) in [7, 11) is 0. The lowest BCUT2D eigenvalue weighted by molar-refractivity contribution is 0.627. The van der Waals surface area contributed by atoms with Crippen LogP contribution in [0.15, 0.2) is 29.6 Å². The van der Waals surface area contributed by atoms with Gasteiger partial charge in [-0.2, -0.15) is 0 Å². The van der Waals surface area contributed by atoms with Crippen molar-refractivity contribution >= 4 is 27.4 Å². The zero-order chi connectivity index (χ0) is 14.8. The predicted molar refractivity (Wildman–Crippen MR) is 86.3 cm³/mol. The number of fused-ring (bicyclic) bond motifs is 1. The number of thiophene rings is 1. The van der Waals surface area contributed by atoms with E-state index >= 15 is 0 Å². The van der Waals surface area contributed by atoms with Crippen molar-refractivity contribution in [1.29, 1.82) is 0 Å². The Kier molecular flexibility index (Phi) is 3.84. The number of nitrogens with one attached hydrogen (secondary N) is 1. The molecule has 0 saturated carbocycles. The van der Waals surface area contributed by atoms with Gasteiger partial charge in [-0.05, 0) is 48.6 Å². The number of nitrogens with zero attached hydrogens (tertiary/aromatic N) is 2. The molecule has 5 heteroatoms. The number of halogens is 1. The van der Waals surface area contributed by atoms with Crippen LogP contribution in [0.25, 0.3) is 21.6 Å². The van der Waals surface area contributed by atoms with Crippen molar-refractivity contribution in [2.45, 2.75) is 20.3 Å². The maximum absolute atomic E-state index is 13.3. The van der Waals surface area contributed by atoms with Crippen molar-refractivity contribution in [3.8, 4) is 11.4 Å². The average Bonchev–Trinajstić information content (AvgIpc) is 2.93. The quantitative estimate of drug-likeness (QED) is 0.763. The van der Waals surface area contributed by atoms with Gasteiger partial charge in [-0.3, -0.25) is 0 Å². The monoisotopic (exact) mass is 301 g/mol. The Hall–Kier alpha value is -2.01. The van der Waals surface area contributed by atoms with Gasteiger partial charge in [0.25, 0.3) is 0 Å². The zero-order valence-electron chi connectivity index (χ0n) is 12.0. The zero-order valence-corrected chi connectivity index (χ0v) is 12.8. The van der Waals surface area contributed by atoms with Gasteiger partial charge in [0.05, 0.1) is 5.39 Å². The number of rotatable bonds is 4. The molecule has 1 aromatic carbocycles. The van der Waals surface area contributed by atoms with Crippen LogP contribution in [0.5, 0.6) is 0 Å². The maximum Gasteiger partial charge on any atom is 0.163 e. The number of aromatic nitrogens is 2. The molecular weight excluding hydrogens is 285 g/mol. The molecule has 3 rings (SSSR count). The van der Waals surface area contributed by atoms with E-state index in [1.54, 1.807) is 17.4 Å². The van der Waals surface area contributed by atoms with Crippen molar-refractivity contribution in [2.24, 2.45) is 0 Å². The summed E-state index contributed by atoms with van der Waals surface area (Å²) in [5.74, 6) is 1.25. The van der Waals surface area contributed by atoms with Crippen LogP contribution in [-0.2, 0) is 0 Å². The standard InChI is InChI=1S/C16H16FN3S/c1-3-7-18-14-13-6-8-21-16(13)20-15(19-14)12-5-4-11(17)9-10(12)2/h4-6,8-9H,3,7H2,1-2H3,(H,18,19,20). The normalized spacial score (nSPS) is 11.0. The summed E-state index contributed by atoms with van der Waals surface area (Å²) >= 11 is 1.59. The van der Waals surface area contributed by atoms with Crippen LogP contribution in [0.2, 0.25) is 0 Å². The number of hydrogen-bond donors (Lipinski definition) is 1. The molecule has 0 saturated heterocycles. The van der Waals surface area contributed by atoms with E-state index in [-0.39, 0.29) is 5.82 Å². The fraction of sp³-hybridized carbons (Fsp3) is 0.250. The minimum Gasteiger partial charge on any atom is -0.369 e. The number of hydrogen-bond acceptors (Lipinski definition) is 4. The molecule has 0 atom stereocenters. The van der Waals surface area contributed by atoms with Crippen molar-refractivity contribution in [3.63, 3.8) is 0 Å². The Labute approximate surface area is 126 Å². The first-order valence-corrected chi connectivity index (χ1v) is 7.82. The van der Waals surface area contributed by atoms with Crippen molar-refractivity contribution in [3.05, 3.63) is 41.0 Å². The van der Waals surface area contributed by atoms with E-state index in [0.717, 1.165) is 40.1 Å². The van der Waals surface area contributed by atoms with Gasteiger partial charge in [-0.1, -0.05) is 6.92 Å². The Morgan fingerprint density at radius 2 is 2.10 bits per heavy atom. The van der Waals surface area contributed by atoms with Gasteiger partial charge in [0.1, 0.15) is 16.5 Å². The van der Waals surface area contributed by atoms with Crippen LogP contribution >= 0.6 is 11.3 Å². The highest BCUT2D eigenvalue weighted by Gasteiger charge is 2.12. The molecule has 0 aliphatic heterocycles. The highest BCUT2D eigenvalue weighted by atomic mass is 32.1. The predicted octanol–water partition coefficient (Wildman–Crippen LogP) is 4.63. The third-order valence-electron chi connectivity index (χ3n) is 3.30. The van der Waals surface area contributed by atoms with Crippen molar-refractivity contribution in [2.75, 3.05) is 11.9 Å². The van der Waals surface area contributed by atoms with Gasteiger partial charge in [0.2, 0.25) is 0 Å². The minimum absolute atomic E-state index is 0.238. The third-order valence-corrected chi connectivity index (χ3v) is 4.10. The maximum atomic E-state index is 13.3. The van der Waals surface area contributed by atoms with Crippen molar-refractivity contribution < 1.29 is 4.39 Å². The second-order valence-electron chi connectivity index (χ2n) is 4.92. The molecule has 0 aliphatic carbocycles. The molecular formula is C16H16FN3S. The van der Waals surface area contributed by atoms with E-state index in [9.17, 15) is 4.39 Å². The first-order chi connectivity index (χ1) is 10.2. The molecule has 108 valence electrons. The molecule has 3 nitrogen and oxygen atoms in total. The lowest BCUT2D eigenvalue weighted by Gasteiger charge is -2.09. The van der Waals surface area contributed by atoms with Crippen LogP contribution in [0.4, 0.5) is 10.2 Å². The van der Waals surface area contributed by atoms with E-state index in [1.165, 1.54) is 12.1 Å². The Morgan fingerprint density at radius 3 is 2.86 bits per heavy atom. The second-order valence-corrected chi connectivity index (χ2v) is 5.82. The molecule has 0 aliphatic rings. The summed E-state index contributed by atoms with van der Waals surface area (Å²) in [6, 6.07) is 6.72. The Morgan fingerprint density at radius 1 is 1.24 bits per heavy atom. The molecule has 21 heavy (non-hydrogen) atoms. The van der Waals surface area contributed by atoms with E-state index in [2.05, 4.69) is 22.2 Å². The summed E-state index contributed by atoms with van der Waals surface area (Å²) in [6.07, 6.45) is 1.03. The molecule has 0 unspecified atom stereocenters. The highest BCUT2D eigenvalue weighted by Crippen LogP contribution is 2.29. The lowest BCUT2D eigenvalue weighted by atomic mass is 10.1. The summed E-state index contributed by atoms with van der Waals surface area (Å²) in [4.78, 5) is 10.2. The lowest BCUT2D eigenvalue weighted by Crippen LogP contribution is -2.04. The van der Waals surface area contributed by atoms with Crippen LogP contribution in [0, 0.1) is 12.7 Å². The topological polar surface area (TPSA) is 37.8 Å². The van der Waals surface area contributed by atoms with Crippen LogP contribution in [0.3, 0.4) is 0 Å². The first kappa shape index (κ1) is 13.9. The summed E-state index contributed by atoms with van der Waals surface area (Å²) in [5.41, 5.74) is 1.71. The van der Waals surface area contributed by atoms with Gasteiger partial charge < -0.3 is 5.32 Å². The van der Waals surface area contributed by atoms with Gasteiger partial charge in [-0.15, -0.1) is 11.3 Å². The first-order valence-electron chi connectivity index (χ1n) is 6.94. The highest BCUT2D eigenvalue weighted by molar-refractivity contribution is 7.16.